The summed E-state index contributed by atoms with van der Waals surface area (Å²) in [7, 11) is 3.26. The van der Waals surface area contributed by atoms with Crippen LogP contribution in [-0.2, 0) is 14.3 Å². The van der Waals surface area contributed by atoms with E-state index < -0.39 is 5.92 Å². The number of carbonyl (C=O) groups is 2. The summed E-state index contributed by atoms with van der Waals surface area (Å²) in [6, 6.07) is 15.5. The standard InChI is InChI=1S/C29H33NO5S/c1-5-36-15-14-35-29(32)26-18(2)30-24-16-21(19-6-10-22(33-3)11-7-19)17-25(31)28(24)27(26)20-8-12-23(34-4)13-9-20/h6-13,21,27,30H,5,14-17H2,1-4H3/t21-,27+/m1/s1. The molecule has 2 aromatic carbocycles. The van der Waals surface area contributed by atoms with Crippen molar-refractivity contribution in [2.24, 2.45) is 0 Å². The van der Waals surface area contributed by atoms with Gasteiger partial charge in [0.25, 0.3) is 0 Å². The Balaban J connectivity index is 1.69. The Morgan fingerprint density at radius 2 is 1.58 bits per heavy atom. The van der Waals surface area contributed by atoms with Gasteiger partial charge in [-0.15, -0.1) is 0 Å². The van der Waals surface area contributed by atoms with Gasteiger partial charge in [0, 0.05) is 35.1 Å². The van der Waals surface area contributed by atoms with Crippen LogP contribution in [0.3, 0.4) is 0 Å². The highest BCUT2D eigenvalue weighted by Crippen LogP contribution is 2.46. The van der Waals surface area contributed by atoms with Crippen LogP contribution < -0.4 is 14.8 Å². The van der Waals surface area contributed by atoms with Crippen molar-refractivity contribution in [3.05, 3.63) is 82.2 Å². The molecular formula is C29H33NO5S. The summed E-state index contributed by atoms with van der Waals surface area (Å²) in [5.41, 5.74) is 4.73. The molecule has 0 fully saturated rings. The predicted molar refractivity (Wildman–Crippen MR) is 143 cm³/mol. The molecule has 4 rings (SSSR count). The van der Waals surface area contributed by atoms with Gasteiger partial charge in [-0.2, -0.15) is 11.8 Å². The Hall–Kier alpha value is -3.19. The summed E-state index contributed by atoms with van der Waals surface area (Å²) in [4.78, 5) is 27.0. The number of carbonyl (C=O) groups excluding carboxylic acids is 2. The van der Waals surface area contributed by atoms with Crippen LogP contribution in [0.2, 0.25) is 0 Å². The third-order valence-corrected chi connectivity index (χ3v) is 7.61. The number of esters is 1. The second-order valence-electron chi connectivity index (χ2n) is 8.90. The number of benzene rings is 2. The largest absolute Gasteiger partial charge is 0.497 e. The molecule has 7 heteroatoms. The van der Waals surface area contributed by atoms with Crippen molar-refractivity contribution in [2.75, 3.05) is 32.3 Å². The average molecular weight is 508 g/mol. The van der Waals surface area contributed by atoms with Gasteiger partial charge < -0.3 is 19.5 Å². The van der Waals surface area contributed by atoms with Gasteiger partial charge in [-0.3, -0.25) is 4.79 Å². The van der Waals surface area contributed by atoms with E-state index in [1.165, 1.54) is 0 Å². The summed E-state index contributed by atoms with van der Waals surface area (Å²) < 4.78 is 16.3. The monoisotopic (exact) mass is 507 g/mol. The van der Waals surface area contributed by atoms with Crippen molar-refractivity contribution in [3.8, 4) is 11.5 Å². The normalized spacial score (nSPS) is 19.5. The molecule has 0 spiro atoms. The molecule has 1 aliphatic carbocycles. The van der Waals surface area contributed by atoms with Crippen molar-refractivity contribution in [1.82, 2.24) is 5.32 Å². The highest BCUT2D eigenvalue weighted by Gasteiger charge is 2.41. The third-order valence-electron chi connectivity index (χ3n) is 6.75. The van der Waals surface area contributed by atoms with Gasteiger partial charge in [-0.25, -0.2) is 4.79 Å². The Kier molecular flexibility index (Phi) is 8.41. The zero-order chi connectivity index (χ0) is 25.7. The summed E-state index contributed by atoms with van der Waals surface area (Å²) in [6.45, 7) is 4.30. The van der Waals surface area contributed by atoms with E-state index in [1.54, 1.807) is 26.0 Å². The number of methoxy groups -OCH3 is 2. The summed E-state index contributed by atoms with van der Waals surface area (Å²) in [6.07, 6.45) is 1.07. The Morgan fingerprint density at radius 1 is 0.972 bits per heavy atom. The summed E-state index contributed by atoms with van der Waals surface area (Å²) in [5, 5.41) is 3.41. The molecule has 6 nitrogen and oxygen atoms in total. The van der Waals surface area contributed by atoms with E-state index in [0.29, 0.717) is 30.6 Å². The topological polar surface area (TPSA) is 73.9 Å². The van der Waals surface area contributed by atoms with Crippen molar-refractivity contribution < 1.29 is 23.8 Å². The minimum atomic E-state index is -0.484. The first-order chi connectivity index (χ1) is 17.5. The summed E-state index contributed by atoms with van der Waals surface area (Å²) in [5.74, 6) is 2.45. The van der Waals surface area contributed by atoms with Crippen molar-refractivity contribution >= 4 is 23.5 Å². The van der Waals surface area contributed by atoms with Crippen LogP contribution in [0.15, 0.2) is 71.1 Å². The fourth-order valence-corrected chi connectivity index (χ4v) is 5.46. The molecule has 2 aliphatic rings. The first-order valence-electron chi connectivity index (χ1n) is 12.2. The van der Waals surface area contributed by atoms with Crippen LogP contribution in [-0.4, -0.2) is 44.1 Å². The highest BCUT2D eigenvalue weighted by molar-refractivity contribution is 7.99. The fraction of sp³-hybridized carbons (Fsp3) is 0.379. The number of ether oxygens (including phenoxy) is 3. The molecule has 190 valence electrons. The van der Waals surface area contributed by atoms with Gasteiger partial charge >= 0.3 is 5.97 Å². The van der Waals surface area contributed by atoms with Gasteiger partial charge in [-0.05, 0) is 60.4 Å². The molecule has 0 radical (unpaired) electrons. The van der Waals surface area contributed by atoms with Crippen molar-refractivity contribution in [3.63, 3.8) is 0 Å². The Bertz CT molecular complexity index is 1170. The second-order valence-corrected chi connectivity index (χ2v) is 10.3. The zero-order valence-electron chi connectivity index (χ0n) is 21.3. The number of hydrogen-bond donors (Lipinski definition) is 1. The van der Waals surface area contributed by atoms with Crippen molar-refractivity contribution in [1.29, 1.82) is 0 Å². The van der Waals surface area contributed by atoms with E-state index in [9.17, 15) is 9.59 Å². The molecule has 0 unspecified atom stereocenters. The number of rotatable bonds is 9. The molecule has 0 bridgehead atoms. The number of dihydropyridines is 1. The van der Waals surface area contributed by atoms with Gasteiger partial charge in [0.2, 0.25) is 0 Å². The molecule has 0 amide bonds. The fourth-order valence-electron chi connectivity index (χ4n) is 4.97. The maximum absolute atomic E-state index is 13.7. The van der Waals surface area contributed by atoms with Crippen LogP contribution in [0, 0.1) is 0 Å². The lowest BCUT2D eigenvalue weighted by atomic mass is 9.71. The van der Waals surface area contributed by atoms with E-state index >= 15 is 0 Å². The highest BCUT2D eigenvalue weighted by atomic mass is 32.2. The van der Waals surface area contributed by atoms with Gasteiger partial charge in [0.05, 0.1) is 19.8 Å². The predicted octanol–water partition coefficient (Wildman–Crippen LogP) is 5.36. The maximum atomic E-state index is 13.7. The summed E-state index contributed by atoms with van der Waals surface area (Å²) >= 11 is 1.72. The molecule has 0 saturated carbocycles. The lowest BCUT2D eigenvalue weighted by Crippen LogP contribution is -2.36. The maximum Gasteiger partial charge on any atom is 0.336 e. The van der Waals surface area contributed by atoms with E-state index in [1.807, 2.05) is 55.5 Å². The van der Waals surface area contributed by atoms with E-state index in [-0.39, 0.29) is 17.7 Å². The Labute approximate surface area is 217 Å². The van der Waals surface area contributed by atoms with Crippen LogP contribution >= 0.6 is 11.8 Å². The quantitative estimate of drug-likeness (QED) is 0.362. The Morgan fingerprint density at radius 3 is 2.17 bits per heavy atom. The SMILES string of the molecule is CCSCCOC(=O)C1=C(C)NC2=C(C(=O)C[C@H](c3ccc(OC)cc3)C2)[C@H]1c1ccc(OC)cc1. The molecular weight excluding hydrogens is 474 g/mol. The molecule has 36 heavy (non-hydrogen) atoms. The first-order valence-corrected chi connectivity index (χ1v) is 13.4. The van der Waals surface area contributed by atoms with E-state index in [2.05, 4.69) is 12.2 Å². The average Bonchev–Trinajstić information content (AvgIpc) is 2.90. The molecule has 2 atom stereocenters. The number of Topliss-reactive ketones (excluding diaryl/α,β-unsaturated/α-hetero) is 1. The lowest BCUT2D eigenvalue weighted by molar-refractivity contribution is -0.138. The van der Waals surface area contributed by atoms with Gasteiger partial charge in [0.15, 0.2) is 5.78 Å². The minimum Gasteiger partial charge on any atom is -0.497 e. The third kappa shape index (κ3) is 5.46. The van der Waals surface area contributed by atoms with Crippen LogP contribution in [0.25, 0.3) is 0 Å². The smallest absolute Gasteiger partial charge is 0.336 e. The van der Waals surface area contributed by atoms with Crippen LogP contribution in [0.1, 0.15) is 49.7 Å². The van der Waals surface area contributed by atoms with E-state index in [4.69, 9.17) is 14.2 Å². The number of hydrogen-bond acceptors (Lipinski definition) is 7. The number of nitrogens with one attached hydrogen (secondary N) is 1. The van der Waals surface area contributed by atoms with Crippen LogP contribution in [0.4, 0.5) is 0 Å². The zero-order valence-corrected chi connectivity index (χ0v) is 22.1. The minimum absolute atomic E-state index is 0.0460. The van der Waals surface area contributed by atoms with Gasteiger partial charge in [0.1, 0.15) is 18.1 Å². The van der Waals surface area contributed by atoms with Crippen molar-refractivity contribution in [2.45, 2.75) is 38.5 Å². The number of allylic oxidation sites excluding steroid dienone is 3. The molecule has 1 aliphatic heterocycles. The molecule has 2 aromatic rings. The van der Waals surface area contributed by atoms with Gasteiger partial charge in [-0.1, -0.05) is 31.2 Å². The molecule has 0 aromatic heterocycles. The first kappa shape index (κ1) is 25.9. The molecule has 0 saturated heterocycles. The molecule has 1 heterocycles. The number of ketones is 1. The number of thioether (sulfide) groups is 1. The lowest BCUT2D eigenvalue weighted by Gasteiger charge is -2.36. The van der Waals surface area contributed by atoms with E-state index in [0.717, 1.165) is 45.5 Å². The molecule has 1 N–H and O–H groups in total. The second kappa shape index (κ2) is 11.7. The van der Waals surface area contributed by atoms with Crippen LogP contribution in [0.5, 0.6) is 11.5 Å².